The Hall–Kier alpha value is -2.49. The van der Waals surface area contributed by atoms with Gasteiger partial charge >= 0.3 is 0 Å². The van der Waals surface area contributed by atoms with E-state index in [4.69, 9.17) is 11.5 Å². The second kappa shape index (κ2) is 7.50. The molecule has 2 rings (SSSR count). The topological polar surface area (TPSA) is 76.4 Å². The fourth-order valence-electron chi connectivity index (χ4n) is 2.36. The highest BCUT2D eigenvalue weighted by Gasteiger charge is 2.11. The molecule has 4 nitrogen and oxygen atoms in total. The second-order valence-corrected chi connectivity index (χ2v) is 5.29. The Kier molecular flexibility index (Phi) is 5.42. The number of nitrogens with one attached hydrogen (secondary N) is 1. The van der Waals surface area contributed by atoms with Crippen molar-refractivity contribution in [2.45, 2.75) is 26.3 Å². The maximum Gasteiger partial charge on any atom is 0.128 e. The minimum absolute atomic E-state index is 0.0415. The van der Waals surface area contributed by atoms with E-state index in [-0.39, 0.29) is 6.04 Å². The van der Waals surface area contributed by atoms with Gasteiger partial charge in [-0.2, -0.15) is 0 Å². The van der Waals surface area contributed by atoms with Crippen molar-refractivity contribution in [2.75, 3.05) is 17.6 Å². The Bertz CT molecular complexity index is 649. The zero-order chi connectivity index (χ0) is 15.9. The normalized spacial score (nSPS) is 12.9. The van der Waals surface area contributed by atoms with Gasteiger partial charge in [-0.1, -0.05) is 37.3 Å². The number of aliphatic imine (C=N–C) groups is 1. The molecule has 0 saturated carbocycles. The van der Waals surface area contributed by atoms with E-state index in [9.17, 15) is 0 Å². The summed E-state index contributed by atoms with van der Waals surface area (Å²) in [5.74, 6) is 0.468. The molecular formula is C18H24N4. The van der Waals surface area contributed by atoms with Crippen LogP contribution in [0.4, 0.5) is 11.4 Å². The van der Waals surface area contributed by atoms with Crippen molar-refractivity contribution in [2.24, 2.45) is 10.7 Å². The van der Waals surface area contributed by atoms with E-state index >= 15 is 0 Å². The Morgan fingerprint density at radius 2 is 1.82 bits per heavy atom. The van der Waals surface area contributed by atoms with Gasteiger partial charge in [-0.05, 0) is 37.1 Å². The summed E-state index contributed by atoms with van der Waals surface area (Å²) >= 11 is 0. The summed E-state index contributed by atoms with van der Waals surface area (Å²) in [5, 5.41) is 3.43. The molecule has 0 aliphatic rings. The molecule has 22 heavy (non-hydrogen) atoms. The summed E-state index contributed by atoms with van der Waals surface area (Å²) in [4.78, 5) is 4.62. The standard InChI is InChI=1S/C18H24N4/c1-3-12-21-17-11-7-5-8-14(17)13(2)22-18(20)15-9-4-6-10-16(15)19/h4-11,13,21H,3,12,19H2,1-2H3,(H2,20,22). The number of hydrogen-bond acceptors (Lipinski definition) is 3. The Morgan fingerprint density at radius 1 is 1.14 bits per heavy atom. The molecule has 2 aromatic rings. The van der Waals surface area contributed by atoms with Crippen LogP contribution in [0.15, 0.2) is 53.5 Å². The van der Waals surface area contributed by atoms with E-state index in [1.807, 2.05) is 43.3 Å². The van der Waals surface area contributed by atoms with Crippen molar-refractivity contribution >= 4 is 17.2 Å². The van der Waals surface area contributed by atoms with Crippen molar-refractivity contribution in [1.82, 2.24) is 0 Å². The number of para-hydroxylation sites is 2. The zero-order valence-electron chi connectivity index (χ0n) is 13.2. The number of hydrogen-bond donors (Lipinski definition) is 3. The van der Waals surface area contributed by atoms with E-state index in [2.05, 4.69) is 29.4 Å². The van der Waals surface area contributed by atoms with Crippen LogP contribution in [-0.4, -0.2) is 12.4 Å². The summed E-state index contributed by atoms with van der Waals surface area (Å²) < 4.78 is 0. The number of nitrogens with two attached hydrogens (primary N) is 2. The minimum Gasteiger partial charge on any atom is -0.398 e. The minimum atomic E-state index is -0.0415. The molecule has 0 aliphatic carbocycles. The Labute approximate surface area is 132 Å². The highest BCUT2D eigenvalue weighted by Crippen LogP contribution is 2.26. The fourth-order valence-corrected chi connectivity index (χ4v) is 2.36. The lowest BCUT2D eigenvalue weighted by molar-refractivity contribution is 0.817. The molecule has 1 unspecified atom stereocenters. The van der Waals surface area contributed by atoms with Gasteiger partial charge in [0.15, 0.2) is 0 Å². The van der Waals surface area contributed by atoms with Crippen LogP contribution >= 0.6 is 0 Å². The quantitative estimate of drug-likeness (QED) is 0.433. The highest BCUT2D eigenvalue weighted by atomic mass is 14.9. The lowest BCUT2D eigenvalue weighted by atomic mass is 10.1. The van der Waals surface area contributed by atoms with Crippen LogP contribution in [0.3, 0.4) is 0 Å². The SMILES string of the molecule is CCCNc1ccccc1C(C)N=C(N)c1ccccc1N. The average Bonchev–Trinajstić information content (AvgIpc) is 2.53. The molecule has 116 valence electrons. The van der Waals surface area contributed by atoms with Crippen LogP contribution in [0.5, 0.6) is 0 Å². The van der Waals surface area contributed by atoms with E-state index in [0.29, 0.717) is 11.5 Å². The first-order chi connectivity index (χ1) is 10.6. The molecule has 0 saturated heterocycles. The molecular weight excluding hydrogens is 272 g/mol. The largest absolute Gasteiger partial charge is 0.398 e. The molecule has 0 radical (unpaired) electrons. The van der Waals surface area contributed by atoms with Crippen LogP contribution < -0.4 is 16.8 Å². The van der Waals surface area contributed by atoms with Crippen LogP contribution in [0, 0.1) is 0 Å². The predicted octanol–water partition coefficient (Wildman–Crippen LogP) is 3.56. The number of anilines is 2. The lowest BCUT2D eigenvalue weighted by Gasteiger charge is -2.15. The van der Waals surface area contributed by atoms with Gasteiger partial charge in [0.1, 0.15) is 5.84 Å². The first-order valence-electron chi connectivity index (χ1n) is 7.64. The number of rotatable bonds is 6. The Morgan fingerprint density at radius 3 is 2.55 bits per heavy atom. The fraction of sp³-hybridized carbons (Fsp3) is 0.278. The molecule has 0 spiro atoms. The molecule has 0 bridgehead atoms. The first-order valence-corrected chi connectivity index (χ1v) is 7.64. The van der Waals surface area contributed by atoms with Gasteiger partial charge in [-0.25, -0.2) is 0 Å². The molecule has 0 aliphatic heterocycles. The lowest BCUT2D eigenvalue weighted by Crippen LogP contribution is -2.17. The van der Waals surface area contributed by atoms with Crippen LogP contribution in [0.25, 0.3) is 0 Å². The van der Waals surface area contributed by atoms with Gasteiger partial charge < -0.3 is 16.8 Å². The van der Waals surface area contributed by atoms with Gasteiger partial charge in [0, 0.05) is 23.5 Å². The molecule has 5 N–H and O–H groups in total. The van der Waals surface area contributed by atoms with Gasteiger partial charge in [0.25, 0.3) is 0 Å². The maximum atomic E-state index is 6.13. The Balaban J connectivity index is 2.27. The summed E-state index contributed by atoms with van der Waals surface area (Å²) in [7, 11) is 0. The maximum absolute atomic E-state index is 6.13. The van der Waals surface area contributed by atoms with E-state index < -0.39 is 0 Å². The number of amidine groups is 1. The number of nitrogens with zero attached hydrogens (tertiary/aromatic N) is 1. The van der Waals surface area contributed by atoms with Crippen LogP contribution in [0.1, 0.15) is 37.4 Å². The summed E-state index contributed by atoms with van der Waals surface area (Å²) in [6.45, 7) is 5.13. The van der Waals surface area contributed by atoms with Gasteiger partial charge in [-0.3, -0.25) is 4.99 Å². The molecule has 0 fully saturated rings. The van der Waals surface area contributed by atoms with Crippen LogP contribution in [0.2, 0.25) is 0 Å². The third-order valence-electron chi connectivity index (χ3n) is 3.55. The van der Waals surface area contributed by atoms with Crippen molar-refractivity contribution in [3.63, 3.8) is 0 Å². The smallest absolute Gasteiger partial charge is 0.128 e. The third-order valence-corrected chi connectivity index (χ3v) is 3.55. The first kappa shape index (κ1) is 15.9. The van der Waals surface area contributed by atoms with E-state index in [1.165, 1.54) is 0 Å². The predicted molar refractivity (Wildman–Crippen MR) is 95.2 cm³/mol. The third kappa shape index (κ3) is 3.79. The summed E-state index contributed by atoms with van der Waals surface area (Å²) in [6.07, 6.45) is 1.08. The van der Waals surface area contributed by atoms with Crippen LogP contribution in [-0.2, 0) is 0 Å². The summed E-state index contributed by atoms with van der Waals surface area (Å²) in [6, 6.07) is 15.7. The highest BCUT2D eigenvalue weighted by molar-refractivity contribution is 6.02. The summed E-state index contributed by atoms with van der Waals surface area (Å²) in [5.41, 5.74) is 15.8. The monoisotopic (exact) mass is 296 g/mol. The van der Waals surface area contributed by atoms with E-state index in [0.717, 1.165) is 29.8 Å². The van der Waals surface area contributed by atoms with E-state index in [1.54, 1.807) is 0 Å². The van der Waals surface area contributed by atoms with Gasteiger partial charge in [0.05, 0.1) is 6.04 Å². The molecule has 4 heteroatoms. The zero-order valence-corrected chi connectivity index (χ0v) is 13.2. The second-order valence-electron chi connectivity index (χ2n) is 5.29. The van der Waals surface area contributed by atoms with Crippen molar-refractivity contribution in [3.8, 4) is 0 Å². The van der Waals surface area contributed by atoms with Gasteiger partial charge in [-0.15, -0.1) is 0 Å². The average molecular weight is 296 g/mol. The molecule has 0 heterocycles. The van der Waals surface area contributed by atoms with Crippen molar-refractivity contribution in [3.05, 3.63) is 59.7 Å². The molecule has 2 aromatic carbocycles. The van der Waals surface area contributed by atoms with Gasteiger partial charge in [0.2, 0.25) is 0 Å². The van der Waals surface area contributed by atoms with Crippen molar-refractivity contribution in [1.29, 1.82) is 0 Å². The molecule has 0 aromatic heterocycles. The number of nitrogen functional groups attached to an aromatic ring is 1. The molecule has 1 atom stereocenters. The number of benzene rings is 2. The van der Waals surface area contributed by atoms with Crippen molar-refractivity contribution < 1.29 is 0 Å². The molecule has 0 amide bonds.